The summed E-state index contributed by atoms with van der Waals surface area (Å²) in [6, 6.07) is 15.7. The van der Waals surface area contributed by atoms with Crippen LogP contribution in [0.1, 0.15) is 36.3 Å². The molecule has 2 N–H and O–H groups in total. The van der Waals surface area contributed by atoms with Crippen molar-refractivity contribution in [3.05, 3.63) is 53.6 Å². The smallest absolute Gasteiger partial charge is 0.191 e. The molecule has 0 radical (unpaired) electrons. The van der Waals surface area contributed by atoms with Gasteiger partial charge in [-0.15, -0.1) is 24.0 Å². The summed E-state index contributed by atoms with van der Waals surface area (Å²) >= 11 is 0. The van der Waals surface area contributed by atoms with E-state index in [1.807, 2.05) is 13.1 Å². The average Bonchev–Trinajstić information content (AvgIpc) is 3.57. The number of piperidine rings is 1. The molecule has 2 fully saturated rings. The third-order valence-electron chi connectivity index (χ3n) is 6.46. The predicted molar refractivity (Wildman–Crippen MR) is 142 cm³/mol. The molecule has 0 aromatic heterocycles. The lowest BCUT2D eigenvalue weighted by Crippen LogP contribution is -2.49. The van der Waals surface area contributed by atoms with E-state index in [2.05, 4.69) is 63.8 Å². The molecule has 2 aliphatic rings. The van der Waals surface area contributed by atoms with E-state index in [1.165, 1.54) is 17.5 Å². The van der Waals surface area contributed by atoms with Crippen LogP contribution in [0.5, 0.6) is 11.5 Å². The third kappa shape index (κ3) is 5.79. The van der Waals surface area contributed by atoms with Crippen LogP contribution >= 0.6 is 24.0 Å². The normalized spacial score (nSPS) is 20.9. The first-order chi connectivity index (χ1) is 15.1. The van der Waals surface area contributed by atoms with Gasteiger partial charge >= 0.3 is 0 Å². The Morgan fingerprint density at radius 3 is 2.25 bits per heavy atom. The van der Waals surface area contributed by atoms with E-state index in [1.54, 1.807) is 14.2 Å². The second-order valence-electron chi connectivity index (χ2n) is 8.50. The molecule has 2 unspecified atom stereocenters. The number of anilines is 1. The Kier molecular flexibility index (Phi) is 8.51. The summed E-state index contributed by atoms with van der Waals surface area (Å²) in [7, 11) is 5.24. The number of nitrogens with zero attached hydrogens (tertiary/aromatic N) is 2. The fourth-order valence-electron chi connectivity index (χ4n) is 4.50. The van der Waals surface area contributed by atoms with Crippen LogP contribution in [0.15, 0.2) is 47.5 Å². The van der Waals surface area contributed by atoms with E-state index >= 15 is 0 Å². The number of aryl methyl sites for hydroxylation is 1. The molecule has 6 nitrogen and oxygen atoms in total. The lowest BCUT2D eigenvalue weighted by Gasteiger charge is -2.35. The van der Waals surface area contributed by atoms with Crippen LogP contribution in [0.4, 0.5) is 5.69 Å². The average molecular weight is 550 g/mol. The zero-order valence-corrected chi connectivity index (χ0v) is 21.8. The molecule has 0 amide bonds. The van der Waals surface area contributed by atoms with Crippen LogP contribution in [-0.2, 0) is 0 Å². The van der Waals surface area contributed by atoms with Crippen LogP contribution in [0.2, 0.25) is 0 Å². The monoisotopic (exact) mass is 550 g/mol. The molecule has 32 heavy (non-hydrogen) atoms. The van der Waals surface area contributed by atoms with Gasteiger partial charge in [0.2, 0.25) is 0 Å². The quantitative estimate of drug-likeness (QED) is 0.319. The summed E-state index contributed by atoms with van der Waals surface area (Å²) in [5, 5.41) is 7.27. The number of hydrogen-bond donors (Lipinski definition) is 2. The largest absolute Gasteiger partial charge is 0.497 e. The molecule has 2 aromatic carbocycles. The minimum absolute atomic E-state index is 0. The van der Waals surface area contributed by atoms with Gasteiger partial charge in [0.15, 0.2) is 5.96 Å². The lowest BCUT2D eigenvalue weighted by molar-refractivity contribution is 0.393. The van der Waals surface area contributed by atoms with Crippen molar-refractivity contribution in [1.29, 1.82) is 0 Å². The molecule has 2 aromatic rings. The van der Waals surface area contributed by atoms with Gasteiger partial charge in [-0.05, 0) is 37.3 Å². The first-order valence-corrected chi connectivity index (χ1v) is 11.1. The number of halogens is 1. The van der Waals surface area contributed by atoms with Gasteiger partial charge in [-0.1, -0.05) is 24.3 Å². The number of methoxy groups -OCH3 is 2. The summed E-state index contributed by atoms with van der Waals surface area (Å²) in [6.45, 7) is 4.17. The molecule has 0 bridgehead atoms. The summed E-state index contributed by atoms with van der Waals surface area (Å²) in [5.41, 5.74) is 3.98. The Morgan fingerprint density at radius 2 is 1.66 bits per heavy atom. The highest BCUT2D eigenvalue weighted by Gasteiger charge is 2.40. The summed E-state index contributed by atoms with van der Waals surface area (Å²) in [5.74, 6) is 3.16. The maximum Gasteiger partial charge on any atom is 0.191 e. The Bertz CT molecular complexity index is 906. The van der Waals surface area contributed by atoms with E-state index in [9.17, 15) is 0 Å². The number of aliphatic imine (C=N–C) groups is 1. The van der Waals surface area contributed by atoms with Crippen LogP contribution < -0.4 is 25.0 Å². The van der Waals surface area contributed by atoms with E-state index in [0.29, 0.717) is 18.0 Å². The topological polar surface area (TPSA) is 58.1 Å². The lowest BCUT2D eigenvalue weighted by atomic mass is 10.0. The van der Waals surface area contributed by atoms with Gasteiger partial charge < -0.3 is 25.0 Å². The highest BCUT2D eigenvalue weighted by Crippen LogP contribution is 2.42. The zero-order chi connectivity index (χ0) is 21.8. The van der Waals surface area contributed by atoms with Crippen LogP contribution in [-0.4, -0.2) is 52.4 Å². The number of ether oxygens (including phenoxy) is 2. The zero-order valence-electron chi connectivity index (χ0n) is 19.4. The molecule has 174 valence electrons. The predicted octanol–water partition coefficient (Wildman–Crippen LogP) is 4.32. The van der Waals surface area contributed by atoms with Crippen LogP contribution in [0.3, 0.4) is 0 Å². The number of benzene rings is 2. The van der Waals surface area contributed by atoms with Crippen molar-refractivity contribution in [2.45, 2.75) is 44.2 Å². The maximum absolute atomic E-state index is 5.42. The fourth-order valence-corrected chi connectivity index (χ4v) is 4.50. The Balaban J connectivity index is 0.00000289. The van der Waals surface area contributed by atoms with Gasteiger partial charge in [0.25, 0.3) is 0 Å². The highest BCUT2D eigenvalue weighted by atomic mass is 127. The molecule has 1 aliphatic heterocycles. The van der Waals surface area contributed by atoms with E-state index in [-0.39, 0.29) is 24.0 Å². The SMILES string of the molecule is CN=C(NC1CCN(c2cc(OC)cc(OC)c2)CC1)NC1CC1c1ccccc1C.I. The van der Waals surface area contributed by atoms with Gasteiger partial charge in [0.1, 0.15) is 11.5 Å². The van der Waals surface area contributed by atoms with Crippen molar-refractivity contribution in [2.24, 2.45) is 4.99 Å². The van der Waals surface area contributed by atoms with E-state index in [0.717, 1.165) is 49.1 Å². The molecular weight excluding hydrogens is 515 g/mol. The molecule has 4 rings (SSSR count). The standard InChI is InChI=1S/C25H34N4O2.HI/c1-17-7-5-6-8-22(17)23-16-24(23)28-25(26-2)27-18-9-11-29(12-10-18)19-13-20(30-3)15-21(14-19)31-4;/h5-8,13-15,18,23-24H,9-12,16H2,1-4H3,(H2,26,27,28);1H. The van der Waals surface area contributed by atoms with E-state index in [4.69, 9.17) is 9.47 Å². The van der Waals surface area contributed by atoms with Crippen LogP contribution in [0, 0.1) is 6.92 Å². The third-order valence-corrected chi connectivity index (χ3v) is 6.46. The number of hydrogen-bond acceptors (Lipinski definition) is 4. The fraction of sp³-hybridized carbons (Fsp3) is 0.480. The number of rotatable bonds is 6. The van der Waals surface area contributed by atoms with Gasteiger partial charge in [-0.3, -0.25) is 4.99 Å². The first kappa shape index (κ1) is 24.5. The van der Waals surface area contributed by atoms with Gasteiger partial charge in [0, 0.05) is 62.0 Å². The minimum atomic E-state index is 0. The number of guanidine groups is 1. The summed E-state index contributed by atoms with van der Waals surface area (Å²) in [6.07, 6.45) is 3.29. The van der Waals surface area contributed by atoms with Crippen molar-refractivity contribution < 1.29 is 9.47 Å². The molecule has 1 saturated carbocycles. The second kappa shape index (κ2) is 11.1. The Hall–Kier alpha value is -2.16. The first-order valence-electron chi connectivity index (χ1n) is 11.1. The van der Waals surface area contributed by atoms with Gasteiger partial charge in [-0.2, -0.15) is 0 Å². The molecular formula is C25H35IN4O2. The van der Waals surface area contributed by atoms with E-state index < -0.39 is 0 Å². The Labute approximate surface area is 208 Å². The Morgan fingerprint density at radius 1 is 1.00 bits per heavy atom. The second-order valence-corrected chi connectivity index (χ2v) is 8.50. The molecule has 2 atom stereocenters. The molecule has 1 heterocycles. The van der Waals surface area contributed by atoms with Crippen molar-refractivity contribution in [2.75, 3.05) is 39.3 Å². The highest BCUT2D eigenvalue weighted by molar-refractivity contribution is 14.0. The van der Waals surface area contributed by atoms with Crippen molar-refractivity contribution in [3.63, 3.8) is 0 Å². The summed E-state index contributed by atoms with van der Waals surface area (Å²) in [4.78, 5) is 6.88. The molecule has 1 saturated heterocycles. The van der Waals surface area contributed by atoms with Crippen molar-refractivity contribution in [3.8, 4) is 11.5 Å². The molecule has 1 aliphatic carbocycles. The van der Waals surface area contributed by atoms with Crippen molar-refractivity contribution >= 4 is 35.6 Å². The molecule has 0 spiro atoms. The van der Waals surface area contributed by atoms with Gasteiger partial charge in [-0.25, -0.2) is 0 Å². The van der Waals surface area contributed by atoms with Crippen molar-refractivity contribution in [1.82, 2.24) is 10.6 Å². The maximum atomic E-state index is 5.42. The van der Waals surface area contributed by atoms with Crippen LogP contribution in [0.25, 0.3) is 0 Å². The molecule has 7 heteroatoms. The number of nitrogens with one attached hydrogen (secondary N) is 2. The van der Waals surface area contributed by atoms with Gasteiger partial charge in [0.05, 0.1) is 14.2 Å². The summed E-state index contributed by atoms with van der Waals surface area (Å²) < 4.78 is 10.8. The minimum Gasteiger partial charge on any atom is -0.497 e.